The quantitative estimate of drug-likeness (QED) is 0.388. The molecular weight excluding hydrogens is 364 g/mol. The van der Waals surface area contributed by atoms with Crippen LogP contribution in [0.4, 0.5) is 0 Å². The van der Waals surface area contributed by atoms with E-state index in [2.05, 4.69) is 15.5 Å². The molecule has 2 N–H and O–H groups in total. The van der Waals surface area contributed by atoms with Gasteiger partial charge in [-0.1, -0.05) is 23.9 Å². The second-order valence-electron chi connectivity index (χ2n) is 5.85. The number of thioether (sulfide) groups is 1. The SMILES string of the molecule is COc1cc(C(C)=NNC(=O)CSc2nc3ccccc3n2C)ccc1O. The van der Waals surface area contributed by atoms with Gasteiger partial charge in [0.15, 0.2) is 16.7 Å². The largest absolute Gasteiger partial charge is 0.504 e. The molecule has 3 aromatic rings. The second-order valence-corrected chi connectivity index (χ2v) is 6.79. The van der Waals surface area contributed by atoms with Gasteiger partial charge in [-0.3, -0.25) is 4.79 Å². The Bertz CT molecular complexity index is 1010. The summed E-state index contributed by atoms with van der Waals surface area (Å²) < 4.78 is 7.04. The summed E-state index contributed by atoms with van der Waals surface area (Å²) in [5, 5.41) is 14.5. The highest BCUT2D eigenvalue weighted by atomic mass is 32.2. The average molecular weight is 384 g/mol. The van der Waals surface area contributed by atoms with Crippen molar-refractivity contribution in [2.75, 3.05) is 12.9 Å². The zero-order valence-corrected chi connectivity index (χ0v) is 16.1. The van der Waals surface area contributed by atoms with Crippen molar-refractivity contribution in [3.63, 3.8) is 0 Å². The Hall–Kier alpha value is -3.00. The number of benzene rings is 2. The van der Waals surface area contributed by atoms with Crippen molar-refractivity contribution < 1.29 is 14.6 Å². The normalized spacial score (nSPS) is 11.6. The highest BCUT2D eigenvalue weighted by Crippen LogP contribution is 2.26. The van der Waals surface area contributed by atoms with Crippen molar-refractivity contribution in [3.05, 3.63) is 48.0 Å². The number of imidazole rings is 1. The minimum atomic E-state index is -0.225. The highest BCUT2D eigenvalue weighted by molar-refractivity contribution is 7.99. The van der Waals surface area contributed by atoms with Gasteiger partial charge in [-0.05, 0) is 37.3 Å². The zero-order valence-electron chi connectivity index (χ0n) is 15.3. The molecule has 8 heteroatoms. The number of nitrogens with zero attached hydrogens (tertiary/aromatic N) is 3. The predicted octanol–water partition coefficient (Wildman–Crippen LogP) is 2.92. The van der Waals surface area contributed by atoms with Crippen LogP contribution in [0.5, 0.6) is 11.5 Å². The van der Waals surface area contributed by atoms with E-state index in [1.54, 1.807) is 19.1 Å². The lowest BCUT2D eigenvalue weighted by atomic mass is 10.1. The second kappa shape index (κ2) is 8.13. The van der Waals surface area contributed by atoms with Crippen molar-refractivity contribution in [2.24, 2.45) is 12.1 Å². The minimum absolute atomic E-state index is 0.0527. The van der Waals surface area contributed by atoms with E-state index >= 15 is 0 Å². The number of hydrazone groups is 1. The Kier molecular flexibility index (Phi) is 5.66. The van der Waals surface area contributed by atoms with Gasteiger partial charge in [-0.15, -0.1) is 0 Å². The minimum Gasteiger partial charge on any atom is -0.504 e. The van der Waals surface area contributed by atoms with Crippen LogP contribution in [0.1, 0.15) is 12.5 Å². The highest BCUT2D eigenvalue weighted by Gasteiger charge is 2.10. The Morgan fingerprint density at radius 2 is 2.11 bits per heavy atom. The third-order valence-electron chi connectivity index (χ3n) is 4.02. The molecule has 0 atom stereocenters. The van der Waals surface area contributed by atoms with Crippen LogP contribution in [0.25, 0.3) is 11.0 Å². The molecule has 27 heavy (non-hydrogen) atoms. The van der Waals surface area contributed by atoms with E-state index in [-0.39, 0.29) is 17.4 Å². The predicted molar refractivity (Wildman–Crippen MR) is 106 cm³/mol. The number of hydrogen-bond acceptors (Lipinski definition) is 6. The molecule has 140 valence electrons. The van der Waals surface area contributed by atoms with E-state index in [1.807, 2.05) is 35.9 Å². The summed E-state index contributed by atoms with van der Waals surface area (Å²) in [4.78, 5) is 16.6. The van der Waals surface area contributed by atoms with Crippen LogP contribution < -0.4 is 10.2 Å². The first kappa shape index (κ1) is 18.8. The number of aromatic nitrogens is 2. The first-order chi connectivity index (χ1) is 13.0. The molecule has 0 radical (unpaired) electrons. The lowest BCUT2D eigenvalue weighted by molar-refractivity contribution is -0.118. The molecule has 0 spiro atoms. The molecule has 0 saturated carbocycles. The van der Waals surface area contributed by atoms with Crippen LogP contribution in [0, 0.1) is 0 Å². The molecule has 0 aliphatic carbocycles. The summed E-state index contributed by atoms with van der Waals surface area (Å²) in [5.74, 6) is 0.382. The Morgan fingerprint density at radius 3 is 2.85 bits per heavy atom. The summed E-state index contributed by atoms with van der Waals surface area (Å²) in [6, 6.07) is 12.7. The molecule has 7 nitrogen and oxygen atoms in total. The molecule has 1 heterocycles. The zero-order chi connectivity index (χ0) is 19.4. The number of phenols is 1. The Labute approximate surface area is 161 Å². The maximum atomic E-state index is 12.1. The number of hydrogen-bond donors (Lipinski definition) is 2. The monoisotopic (exact) mass is 384 g/mol. The van der Waals surface area contributed by atoms with E-state index in [4.69, 9.17) is 4.74 Å². The lowest BCUT2D eigenvalue weighted by Crippen LogP contribution is -2.21. The van der Waals surface area contributed by atoms with E-state index in [0.717, 1.165) is 21.8 Å². The number of carbonyl (C=O) groups is 1. The van der Waals surface area contributed by atoms with E-state index in [1.165, 1.54) is 24.9 Å². The number of carbonyl (C=O) groups excluding carboxylic acids is 1. The first-order valence-electron chi connectivity index (χ1n) is 8.24. The number of ether oxygens (including phenoxy) is 1. The molecule has 3 rings (SSSR count). The van der Waals surface area contributed by atoms with Gasteiger partial charge in [0.05, 0.1) is 29.6 Å². The summed E-state index contributed by atoms with van der Waals surface area (Å²) in [6.45, 7) is 1.77. The number of methoxy groups -OCH3 is 1. The number of para-hydroxylation sites is 2. The van der Waals surface area contributed by atoms with Crippen molar-refractivity contribution in [2.45, 2.75) is 12.1 Å². The van der Waals surface area contributed by atoms with Crippen LogP contribution in [0.15, 0.2) is 52.7 Å². The summed E-state index contributed by atoms with van der Waals surface area (Å²) in [6.07, 6.45) is 0. The molecular formula is C19H20N4O3S. The number of phenolic OH excluding ortho intramolecular Hbond substituents is 1. The first-order valence-corrected chi connectivity index (χ1v) is 9.23. The summed E-state index contributed by atoms with van der Waals surface area (Å²) in [7, 11) is 3.40. The van der Waals surface area contributed by atoms with Gasteiger partial charge in [0, 0.05) is 12.6 Å². The van der Waals surface area contributed by atoms with Gasteiger partial charge in [-0.2, -0.15) is 5.10 Å². The fourth-order valence-electron chi connectivity index (χ4n) is 2.53. The molecule has 0 aliphatic heterocycles. The molecule has 0 saturated heterocycles. The van der Waals surface area contributed by atoms with E-state index in [0.29, 0.717) is 11.5 Å². The molecule has 1 amide bonds. The third-order valence-corrected chi connectivity index (χ3v) is 5.05. The molecule has 0 unspecified atom stereocenters. The Morgan fingerprint density at radius 1 is 1.33 bits per heavy atom. The van der Waals surface area contributed by atoms with Gasteiger partial charge in [0.2, 0.25) is 0 Å². The smallest absolute Gasteiger partial charge is 0.250 e. The third kappa shape index (κ3) is 4.22. The van der Waals surface area contributed by atoms with Crippen molar-refractivity contribution in [3.8, 4) is 11.5 Å². The van der Waals surface area contributed by atoms with Crippen LogP contribution >= 0.6 is 11.8 Å². The van der Waals surface area contributed by atoms with Gasteiger partial charge < -0.3 is 14.4 Å². The average Bonchev–Trinajstić information content (AvgIpc) is 3.01. The van der Waals surface area contributed by atoms with Crippen LogP contribution in [-0.2, 0) is 11.8 Å². The molecule has 2 aromatic carbocycles. The fourth-order valence-corrected chi connectivity index (χ4v) is 3.31. The standard InChI is InChI=1S/C19H20N4O3S/c1-12(13-8-9-16(24)17(10-13)26-3)21-22-18(25)11-27-19-20-14-6-4-5-7-15(14)23(19)2/h4-10,24H,11H2,1-3H3,(H,22,25). The number of rotatable bonds is 6. The molecule has 0 bridgehead atoms. The topological polar surface area (TPSA) is 88.7 Å². The summed E-state index contributed by atoms with van der Waals surface area (Å²) >= 11 is 1.35. The van der Waals surface area contributed by atoms with E-state index in [9.17, 15) is 9.90 Å². The maximum absolute atomic E-state index is 12.1. The molecule has 0 aliphatic rings. The number of aryl methyl sites for hydroxylation is 1. The Balaban J connectivity index is 1.61. The molecule has 1 aromatic heterocycles. The van der Waals surface area contributed by atoms with E-state index < -0.39 is 0 Å². The maximum Gasteiger partial charge on any atom is 0.250 e. The van der Waals surface area contributed by atoms with Gasteiger partial charge in [0.1, 0.15) is 0 Å². The van der Waals surface area contributed by atoms with Gasteiger partial charge in [-0.25, -0.2) is 10.4 Å². The van der Waals surface area contributed by atoms with Gasteiger partial charge >= 0.3 is 0 Å². The van der Waals surface area contributed by atoms with Crippen molar-refractivity contribution in [1.82, 2.24) is 15.0 Å². The summed E-state index contributed by atoms with van der Waals surface area (Å²) in [5.41, 5.74) is 5.82. The van der Waals surface area contributed by atoms with Crippen LogP contribution in [0.2, 0.25) is 0 Å². The van der Waals surface area contributed by atoms with Crippen LogP contribution in [0.3, 0.4) is 0 Å². The van der Waals surface area contributed by atoms with Crippen molar-refractivity contribution in [1.29, 1.82) is 0 Å². The number of aromatic hydroxyl groups is 1. The number of amides is 1. The van der Waals surface area contributed by atoms with Crippen LogP contribution in [-0.4, -0.2) is 39.1 Å². The number of nitrogens with one attached hydrogen (secondary N) is 1. The lowest BCUT2D eigenvalue weighted by Gasteiger charge is -2.07. The molecule has 0 fully saturated rings. The van der Waals surface area contributed by atoms with Gasteiger partial charge in [0.25, 0.3) is 5.91 Å². The van der Waals surface area contributed by atoms with Crippen molar-refractivity contribution >= 4 is 34.4 Å². The number of fused-ring (bicyclic) bond motifs is 1. The fraction of sp³-hybridized carbons (Fsp3) is 0.211.